The van der Waals surface area contributed by atoms with Crippen LogP contribution in [-0.4, -0.2) is 32.0 Å². The van der Waals surface area contributed by atoms with Crippen LogP contribution in [0.15, 0.2) is 47.4 Å². The molecule has 0 spiro atoms. The molecule has 0 N–H and O–H groups in total. The third-order valence-corrected chi connectivity index (χ3v) is 5.20. The number of nitro benzene ring substituents is 2. The van der Waals surface area contributed by atoms with Gasteiger partial charge in [-0.3, -0.25) is 29.9 Å². The number of nitrogens with zero attached hydrogens (tertiary/aromatic N) is 3. The quantitative estimate of drug-likeness (QED) is 0.309. The Morgan fingerprint density at radius 1 is 1.14 bits per heavy atom. The van der Waals surface area contributed by atoms with E-state index in [1.807, 2.05) is 0 Å². The second-order valence-electron chi connectivity index (χ2n) is 5.58. The van der Waals surface area contributed by atoms with Crippen molar-refractivity contribution in [1.29, 1.82) is 0 Å². The lowest BCUT2D eigenvalue weighted by Crippen LogP contribution is -2.22. The Bertz CT molecular complexity index is 1050. The largest absolute Gasteiger partial charge is 0.450 e. The van der Waals surface area contributed by atoms with Crippen LogP contribution in [0.3, 0.4) is 0 Å². The number of ether oxygens (including phenoxy) is 1. The number of amides is 1. The van der Waals surface area contributed by atoms with E-state index in [1.165, 1.54) is 22.7 Å². The molecular formula is C17H11N3O6S2. The molecule has 1 aliphatic heterocycles. The molecule has 2 aromatic carbocycles. The van der Waals surface area contributed by atoms with Crippen molar-refractivity contribution >= 4 is 51.7 Å². The molecule has 1 saturated heterocycles. The van der Waals surface area contributed by atoms with Crippen molar-refractivity contribution in [2.45, 2.75) is 0 Å². The Morgan fingerprint density at radius 2 is 1.89 bits per heavy atom. The van der Waals surface area contributed by atoms with Crippen molar-refractivity contribution in [3.63, 3.8) is 0 Å². The summed E-state index contributed by atoms with van der Waals surface area (Å²) in [5.41, 5.74) is -0.295. The minimum atomic E-state index is -0.751. The molecule has 1 amide bonds. The molecule has 2 aromatic rings. The lowest BCUT2D eigenvalue weighted by molar-refractivity contribution is -0.394. The van der Waals surface area contributed by atoms with Crippen LogP contribution >= 0.6 is 24.0 Å². The first kappa shape index (κ1) is 19.5. The van der Waals surface area contributed by atoms with E-state index in [1.54, 1.807) is 37.4 Å². The van der Waals surface area contributed by atoms with Crippen molar-refractivity contribution in [1.82, 2.24) is 4.90 Å². The number of likely N-dealkylation sites (N-methyl/N-ethyl adjacent to an activating group) is 1. The summed E-state index contributed by atoms with van der Waals surface area (Å²) in [7, 11) is 1.59. The Hall–Kier alpha value is -3.31. The van der Waals surface area contributed by atoms with Gasteiger partial charge in [-0.1, -0.05) is 36.1 Å². The highest BCUT2D eigenvalue weighted by molar-refractivity contribution is 8.26. The summed E-state index contributed by atoms with van der Waals surface area (Å²) in [6.07, 6.45) is 1.64. The Morgan fingerprint density at radius 3 is 2.50 bits per heavy atom. The predicted octanol–water partition coefficient (Wildman–Crippen LogP) is 4.13. The second-order valence-corrected chi connectivity index (χ2v) is 7.26. The predicted molar refractivity (Wildman–Crippen MR) is 107 cm³/mol. The number of rotatable bonds is 5. The molecule has 0 aromatic heterocycles. The van der Waals surface area contributed by atoms with Crippen LogP contribution in [0.2, 0.25) is 0 Å². The van der Waals surface area contributed by atoms with E-state index in [-0.39, 0.29) is 17.4 Å². The van der Waals surface area contributed by atoms with Gasteiger partial charge in [0.1, 0.15) is 10.1 Å². The third-order valence-electron chi connectivity index (χ3n) is 3.72. The number of nitro groups is 2. The summed E-state index contributed by atoms with van der Waals surface area (Å²) in [5.74, 6) is -0.0716. The van der Waals surface area contributed by atoms with Crippen LogP contribution in [0.25, 0.3) is 6.08 Å². The highest BCUT2D eigenvalue weighted by Gasteiger charge is 2.28. The molecule has 0 bridgehead atoms. The van der Waals surface area contributed by atoms with Crippen LogP contribution in [0, 0.1) is 20.2 Å². The number of carbonyl (C=O) groups excluding carboxylic acids is 1. The molecule has 1 fully saturated rings. The Kier molecular flexibility index (Phi) is 5.38. The van der Waals surface area contributed by atoms with E-state index in [0.717, 1.165) is 12.1 Å². The molecule has 142 valence electrons. The first-order valence-electron chi connectivity index (χ1n) is 7.68. The maximum atomic E-state index is 12.1. The molecule has 3 rings (SSSR count). The maximum Gasteiger partial charge on any atom is 0.318 e. The maximum absolute atomic E-state index is 12.1. The van der Waals surface area contributed by atoms with Gasteiger partial charge in [0.2, 0.25) is 5.75 Å². The summed E-state index contributed by atoms with van der Waals surface area (Å²) in [4.78, 5) is 34.5. The van der Waals surface area contributed by atoms with Crippen molar-refractivity contribution in [3.8, 4) is 11.5 Å². The molecule has 0 saturated carbocycles. The van der Waals surface area contributed by atoms with Gasteiger partial charge in [-0.15, -0.1) is 0 Å². The van der Waals surface area contributed by atoms with Crippen LogP contribution in [-0.2, 0) is 4.79 Å². The number of benzene rings is 2. The summed E-state index contributed by atoms with van der Waals surface area (Å²) in [6.45, 7) is 0. The average molecular weight is 417 g/mol. The van der Waals surface area contributed by atoms with Gasteiger partial charge in [0.05, 0.1) is 20.8 Å². The lowest BCUT2D eigenvalue weighted by atomic mass is 10.2. The molecule has 11 heteroatoms. The summed E-state index contributed by atoms with van der Waals surface area (Å²) >= 11 is 6.25. The standard InChI is InChI=1S/C17H11N3O6S2/c1-18-16(21)15(28-17(18)27)8-10-3-2-4-12(7-10)26-14-6-5-11(19(22)23)9-13(14)20(24)25/h2-9H,1H3. The van der Waals surface area contributed by atoms with Crippen LogP contribution in [0.5, 0.6) is 11.5 Å². The molecule has 0 atom stereocenters. The molecular weight excluding hydrogens is 406 g/mol. The monoisotopic (exact) mass is 417 g/mol. The third kappa shape index (κ3) is 4.00. The number of carbonyl (C=O) groups is 1. The van der Waals surface area contributed by atoms with Gasteiger partial charge in [0.15, 0.2) is 0 Å². The van der Waals surface area contributed by atoms with Gasteiger partial charge < -0.3 is 4.74 Å². The molecule has 1 heterocycles. The number of thioether (sulfide) groups is 1. The zero-order valence-electron chi connectivity index (χ0n) is 14.2. The van der Waals surface area contributed by atoms with Crippen molar-refractivity contribution in [2.75, 3.05) is 7.05 Å². The van der Waals surface area contributed by atoms with Gasteiger partial charge >= 0.3 is 5.69 Å². The molecule has 28 heavy (non-hydrogen) atoms. The fourth-order valence-electron chi connectivity index (χ4n) is 2.34. The highest BCUT2D eigenvalue weighted by atomic mass is 32.2. The minimum absolute atomic E-state index is 0.132. The fraction of sp³-hybridized carbons (Fsp3) is 0.0588. The molecule has 0 unspecified atom stereocenters. The molecule has 0 radical (unpaired) electrons. The smallest absolute Gasteiger partial charge is 0.318 e. The number of hydrogen-bond donors (Lipinski definition) is 0. The SMILES string of the molecule is CN1C(=O)C(=Cc2cccc(Oc3ccc([N+](=O)[O-])cc3[N+](=O)[O-])c2)SC1=S. The summed E-state index contributed by atoms with van der Waals surface area (Å²) in [5, 5.41) is 22.0. The van der Waals surface area contributed by atoms with Crippen molar-refractivity contribution in [2.24, 2.45) is 0 Å². The lowest BCUT2D eigenvalue weighted by Gasteiger charge is -2.07. The van der Waals surface area contributed by atoms with E-state index in [4.69, 9.17) is 17.0 Å². The zero-order valence-corrected chi connectivity index (χ0v) is 15.9. The van der Waals surface area contributed by atoms with Gasteiger partial charge in [-0.25, -0.2) is 0 Å². The van der Waals surface area contributed by atoms with Crippen LogP contribution in [0.1, 0.15) is 5.56 Å². The number of hydrogen-bond acceptors (Lipinski definition) is 8. The molecule has 0 aliphatic carbocycles. The van der Waals surface area contributed by atoms with Crippen molar-refractivity contribution < 1.29 is 19.4 Å². The topological polar surface area (TPSA) is 116 Å². The van der Waals surface area contributed by atoms with Crippen LogP contribution in [0.4, 0.5) is 11.4 Å². The van der Waals surface area contributed by atoms with E-state index >= 15 is 0 Å². The highest BCUT2D eigenvalue weighted by Crippen LogP contribution is 2.35. The number of thiocarbonyl (C=S) groups is 1. The van der Waals surface area contributed by atoms with E-state index in [9.17, 15) is 25.0 Å². The zero-order chi connectivity index (χ0) is 20.4. The Balaban J connectivity index is 1.90. The van der Waals surface area contributed by atoms with Gasteiger partial charge in [-0.05, 0) is 29.8 Å². The first-order valence-corrected chi connectivity index (χ1v) is 8.91. The van der Waals surface area contributed by atoms with Gasteiger partial charge in [-0.2, -0.15) is 0 Å². The first-order chi connectivity index (χ1) is 13.3. The Labute approximate surface area is 167 Å². The number of non-ortho nitro benzene ring substituents is 1. The molecule has 1 aliphatic rings. The van der Waals surface area contributed by atoms with Crippen molar-refractivity contribution in [3.05, 3.63) is 73.2 Å². The van der Waals surface area contributed by atoms with Gasteiger partial charge in [0, 0.05) is 13.1 Å². The summed E-state index contributed by atoms with van der Waals surface area (Å²) < 4.78 is 6.01. The normalized spacial score (nSPS) is 15.2. The van der Waals surface area contributed by atoms with E-state index < -0.39 is 21.2 Å². The average Bonchev–Trinajstić information content (AvgIpc) is 2.89. The minimum Gasteiger partial charge on any atom is -0.450 e. The van der Waals surface area contributed by atoms with E-state index in [2.05, 4.69) is 0 Å². The molecule has 9 nitrogen and oxygen atoms in total. The fourth-order valence-corrected chi connectivity index (χ4v) is 3.52. The van der Waals surface area contributed by atoms with E-state index in [0.29, 0.717) is 14.8 Å². The van der Waals surface area contributed by atoms with Gasteiger partial charge in [0.25, 0.3) is 11.6 Å². The second kappa shape index (κ2) is 7.74. The van der Waals surface area contributed by atoms with Crippen LogP contribution < -0.4 is 4.74 Å². The summed E-state index contributed by atoms with van der Waals surface area (Å²) in [6, 6.07) is 9.70.